The lowest BCUT2D eigenvalue weighted by atomic mass is 9.97. The number of hydrogen-bond donors (Lipinski definition) is 1. The average Bonchev–Trinajstić information content (AvgIpc) is 2.62. The molecular weight excluding hydrogens is 360 g/mol. The lowest BCUT2D eigenvalue weighted by Crippen LogP contribution is -2.50. The zero-order valence-corrected chi connectivity index (χ0v) is 18.0. The first kappa shape index (κ1) is 21.9. The summed E-state index contributed by atoms with van der Waals surface area (Å²) in [6, 6.07) is 3.18. The molecule has 1 saturated heterocycles. The van der Waals surface area contributed by atoms with Gasteiger partial charge in [-0.2, -0.15) is 12.7 Å². The number of unbranched alkanes of at least 4 members (excludes halogenated alkanes) is 3. The quantitative estimate of drug-likeness (QED) is 0.619. The molecule has 1 atom stereocenters. The van der Waals surface area contributed by atoms with Gasteiger partial charge in [0.1, 0.15) is 0 Å². The van der Waals surface area contributed by atoms with Crippen LogP contribution in [-0.4, -0.2) is 31.1 Å². The van der Waals surface area contributed by atoms with Crippen LogP contribution in [0.15, 0.2) is 12.1 Å². The summed E-state index contributed by atoms with van der Waals surface area (Å²) < 4.78 is 30.1. The van der Waals surface area contributed by atoms with Crippen molar-refractivity contribution in [2.45, 2.75) is 85.1 Å². The predicted octanol–water partition coefficient (Wildman–Crippen LogP) is 4.66. The van der Waals surface area contributed by atoms with Gasteiger partial charge in [-0.1, -0.05) is 32.6 Å². The summed E-state index contributed by atoms with van der Waals surface area (Å²) in [5.41, 5.74) is 3.83. The van der Waals surface area contributed by atoms with Crippen LogP contribution in [-0.2, 0) is 15.0 Å². The molecule has 1 N–H and O–H groups in total. The van der Waals surface area contributed by atoms with Crippen molar-refractivity contribution in [2.24, 2.45) is 0 Å². The van der Waals surface area contributed by atoms with Crippen LogP contribution in [0.25, 0.3) is 0 Å². The fourth-order valence-electron chi connectivity index (χ4n) is 3.71. The second-order valence-corrected chi connectivity index (χ2v) is 9.36. The molecule has 0 bridgehead atoms. The third kappa shape index (κ3) is 5.79. The molecule has 1 fully saturated rings. The Morgan fingerprint density at radius 3 is 2.41 bits per heavy atom. The second-order valence-electron chi connectivity index (χ2n) is 7.74. The normalized spacial score (nSPS) is 18.4. The Bertz CT molecular complexity index is 736. The summed E-state index contributed by atoms with van der Waals surface area (Å²) in [5.74, 6) is 0.0624. The molecule has 0 radical (unpaired) electrons. The van der Waals surface area contributed by atoms with Gasteiger partial charge in [0.25, 0.3) is 0 Å². The number of carbonyl (C=O) groups excluding carboxylic acids is 1. The summed E-state index contributed by atoms with van der Waals surface area (Å²) >= 11 is 0. The monoisotopic (exact) mass is 394 g/mol. The highest BCUT2D eigenvalue weighted by molar-refractivity contribution is 7.90. The molecule has 1 aromatic rings. The van der Waals surface area contributed by atoms with E-state index in [2.05, 4.69) is 11.6 Å². The van der Waals surface area contributed by atoms with E-state index in [1.54, 1.807) is 0 Å². The van der Waals surface area contributed by atoms with Gasteiger partial charge < -0.3 is 0 Å². The van der Waals surface area contributed by atoms with Gasteiger partial charge in [0, 0.05) is 13.0 Å². The van der Waals surface area contributed by atoms with Gasteiger partial charge in [0.05, 0.1) is 11.7 Å². The van der Waals surface area contributed by atoms with Crippen molar-refractivity contribution in [1.82, 2.24) is 4.31 Å². The molecule has 1 heterocycles. The summed E-state index contributed by atoms with van der Waals surface area (Å²) in [7, 11) is -3.75. The Kier molecular flexibility index (Phi) is 7.86. The fraction of sp³-hybridized carbons (Fsp3) is 0.667. The van der Waals surface area contributed by atoms with Crippen LogP contribution in [0, 0.1) is 20.8 Å². The fourth-order valence-corrected chi connectivity index (χ4v) is 5.17. The van der Waals surface area contributed by atoms with Gasteiger partial charge in [-0.25, -0.2) is 0 Å². The largest absolute Gasteiger partial charge is 0.302 e. The summed E-state index contributed by atoms with van der Waals surface area (Å²) in [4.78, 5) is 12.7. The molecule has 27 heavy (non-hydrogen) atoms. The molecule has 152 valence electrons. The Hall–Kier alpha value is -1.40. The predicted molar refractivity (Wildman–Crippen MR) is 111 cm³/mol. The smallest absolute Gasteiger partial charge is 0.298 e. The van der Waals surface area contributed by atoms with Crippen LogP contribution in [0.2, 0.25) is 0 Å². The molecule has 0 aromatic heterocycles. The minimum absolute atomic E-state index is 0.0624. The van der Waals surface area contributed by atoms with Crippen molar-refractivity contribution < 1.29 is 13.2 Å². The zero-order chi connectivity index (χ0) is 20.0. The minimum atomic E-state index is -3.75. The molecular formula is C21H34N2O3S. The molecule has 1 aliphatic heterocycles. The Balaban J connectivity index is 2.13. The Labute approximate surface area is 164 Å². The summed E-state index contributed by atoms with van der Waals surface area (Å²) in [6.45, 7) is 8.52. The highest BCUT2D eigenvalue weighted by Crippen LogP contribution is 2.26. The molecule has 0 aliphatic carbocycles. The molecule has 0 unspecified atom stereocenters. The number of piperidine rings is 1. The van der Waals surface area contributed by atoms with Crippen LogP contribution >= 0.6 is 0 Å². The lowest BCUT2D eigenvalue weighted by Gasteiger charge is -2.33. The van der Waals surface area contributed by atoms with E-state index >= 15 is 0 Å². The third-order valence-corrected chi connectivity index (χ3v) is 7.13. The zero-order valence-electron chi connectivity index (χ0n) is 17.2. The van der Waals surface area contributed by atoms with E-state index in [0.717, 1.165) is 55.2 Å². The first-order chi connectivity index (χ1) is 12.8. The maximum Gasteiger partial charge on any atom is 0.302 e. The van der Waals surface area contributed by atoms with Crippen molar-refractivity contribution in [1.29, 1.82) is 0 Å². The van der Waals surface area contributed by atoms with Crippen LogP contribution in [0.5, 0.6) is 0 Å². The average molecular weight is 395 g/mol. The van der Waals surface area contributed by atoms with Crippen LogP contribution in [0.1, 0.15) is 75.0 Å². The van der Waals surface area contributed by atoms with Gasteiger partial charge in [0.2, 0.25) is 0 Å². The van der Waals surface area contributed by atoms with E-state index in [-0.39, 0.29) is 5.78 Å². The van der Waals surface area contributed by atoms with Gasteiger partial charge >= 0.3 is 10.2 Å². The van der Waals surface area contributed by atoms with Gasteiger partial charge in [0.15, 0.2) is 5.78 Å². The number of hydrogen-bond acceptors (Lipinski definition) is 3. The SMILES string of the molecule is CCCCCCC(=O)[C@@H]1CCCCN1S(=O)(=O)Nc1cc(C)c(C)c(C)c1. The van der Waals surface area contributed by atoms with E-state index in [0.29, 0.717) is 25.1 Å². The molecule has 6 heteroatoms. The van der Waals surface area contributed by atoms with E-state index < -0.39 is 16.3 Å². The lowest BCUT2D eigenvalue weighted by molar-refractivity contribution is -0.123. The molecule has 1 aromatic carbocycles. The van der Waals surface area contributed by atoms with Gasteiger partial charge in [-0.15, -0.1) is 0 Å². The first-order valence-corrected chi connectivity index (χ1v) is 11.6. The topological polar surface area (TPSA) is 66.5 Å². The van der Waals surface area contributed by atoms with Crippen LogP contribution in [0.3, 0.4) is 0 Å². The number of nitrogens with one attached hydrogen (secondary N) is 1. The van der Waals surface area contributed by atoms with Crippen LogP contribution < -0.4 is 4.72 Å². The number of rotatable bonds is 9. The standard InChI is InChI=1S/C21H34N2O3S/c1-5-6-7-8-12-21(24)20-11-9-10-13-23(20)27(25,26)22-19-14-16(2)18(4)17(3)15-19/h14-15,20,22H,5-13H2,1-4H3/t20-/m0/s1. The molecule has 2 rings (SSSR count). The number of ketones is 1. The van der Waals surface area contributed by atoms with E-state index in [9.17, 15) is 13.2 Å². The highest BCUT2D eigenvalue weighted by Gasteiger charge is 2.36. The molecule has 1 aliphatic rings. The number of anilines is 1. The van der Waals surface area contributed by atoms with Crippen molar-refractivity contribution in [3.63, 3.8) is 0 Å². The summed E-state index contributed by atoms with van der Waals surface area (Å²) in [5, 5.41) is 0. The highest BCUT2D eigenvalue weighted by atomic mass is 32.2. The van der Waals surface area contributed by atoms with Crippen molar-refractivity contribution in [3.05, 3.63) is 28.8 Å². The Morgan fingerprint density at radius 1 is 1.11 bits per heavy atom. The van der Waals surface area contributed by atoms with Crippen LogP contribution in [0.4, 0.5) is 5.69 Å². The van der Waals surface area contributed by atoms with E-state index in [1.165, 1.54) is 4.31 Å². The Morgan fingerprint density at radius 2 is 1.78 bits per heavy atom. The van der Waals surface area contributed by atoms with Crippen molar-refractivity contribution in [3.8, 4) is 0 Å². The van der Waals surface area contributed by atoms with E-state index in [4.69, 9.17) is 0 Å². The van der Waals surface area contributed by atoms with Gasteiger partial charge in [-0.3, -0.25) is 9.52 Å². The summed E-state index contributed by atoms with van der Waals surface area (Å²) in [6.07, 6.45) is 6.92. The number of nitrogens with zero attached hydrogens (tertiary/aromatic N) is 1. The molecule has 5 nitrogen and oxygen atoms in total. The number of Topliss-reactive ketones (excluding diaryl/α,β-unsaturated/α-hetero) is 1. The first-order valence-electron chi connectivity index (χ1n) is 10.2. The number of aryl methyl sites for hydroxylation is 2. The third-order valence-electron chi connectivity index (χ3n) is 5.58. The minimum Gasteiger partial charge on any atom is -0.298 e. The molecule has 0 amide bonds. The molecule has 0 saturated carbocycles. The second kappa shape index (κ2) is 9.69. The van der Waals surface area contributed by atoms with E-state index in [1.807, 2.05) is 32.9 Å². The number of carbonyl (C=O) groups is 1. The van der Waals surface area contributed by atoms with Crippen molar-refractivity contribution >= 4 is 21.7 Å². The van der Waals surface area contributed by atoms with Crippen molar-refractivity contribution in [2.75, 3.05) is 11.3 Å². The maximum atomic E-state index is 13.0. The van der Waals surface area contributed by atoms with Gasteiger partial charge in [-0.05, 0) is 68.9 Å². The molecule has 0 spiro atoms. The number of benzene rings is 1. The maximum absolute atomic E-state index is 13.0.